The average Bonchev–Trinajstić information content (AvgIpc) is 3.17. The zero-order chi connectivity index (χ0) is 44.6. The van der Waals surface area contributed by atoms with E-state index >= 15 is 0 Å². The van der Waals surface area contributed by atoms with E-state index in [1.807, 2.05) is 6.92 Å². The van der Waals surface area contributed by atoms with Gasteiger partial charge in [-0.2, -0.15) is 8.78 Å². The summed E-state index contributed by atoms with van der Waals surface area (Å²) in [5.41, 5.74) is -3.22. The summed E-state index contributed by atoms with van der Waals surface area (Å²) in [5.74, 6) is 1.30. The molecule has 0 N–H and O–H groups in total. The van der Waals surface area contributed by atoms with Gasteiger partial charge >= 0.3 is 23.8 Å². The summed E-state index contributed by atoms with van der Waals surface area (Å²) in [6, 6.07) is 0. The Morgan fingerprint density at radius 2 is 0.677 bits per heavy atom. The number of unbranched alkanes of at least 4 members (excludes halogenated alkanes) is 4. The molecule has 0 aromatic heterocycles. The van der Waals surface area contributed by atoms with Crippen LogP contribution < -0.4 is 0 Å². The highest BCUT2D eigenvalue weighted by Gasteiger charge is 2.54. The lowest BCUT2D eigenvalue weighted by Gasteiger charge is -2.56. The van der Waals surface area contributed by atoms with Crippen LogP contribution in [0.25, 0.3) is 0 Å². The van der Waals surface area contributed by atoms with Gasteiger partial charge in [-0.15, -0.1) is 0 Å². The van der Waals surface area contributed by atoms with Crippen molar-refractivity contribution >= 4 is 17.9 Å². The summed E-state index contributed by atoms with van der Waals surface area (Å²) < 4.78 is 70.5. The molecule has 0 spiro atoms. The number of alkyl halides is 4. The van der Waals surface area contributed by atoms with E-state index in [4.69, 9.17) is 14.2 Å². The van der Waals surface area contributed by atoms with Crippen LogP contribution in [0.3, 0.4) is 0 Å². The summed E-state index contributed by atoms with van der Waals surface area (Å²) in [6.45, 7) is 8.66. The minimum Gasteiger partial charge on any atom is -0.463 e. The van der Waals surface area contributed by atoms with Gasteiger partial charge < -0.3 is 14.2 Å². The Bertz CT molecular complexity index is 1440. The molecule has 6 nitrogen and oxygen atoms in total. The van der Waals surface area contributed by atoms with Gasteiger partial charge in [0.2, 0.25) is 11.3 Å². The van der Waals surface area contributed by atoms with Crippen LogP contribution in [0.5, 0.6) is 0 Å². The molecule has 12 aliphatic rings. The maximum atomic E-state index is 14.6. The Kier molecular flexibility index (Phi) is 14.9. The molecular weight excluding hydrogens is 797 g/mol. The molecule has 10 heteroatoms. The molecule has 12 aliphatic carbocycles. The molecule has 0 heterocycles. The van der Waals surface area contributed by atoms with Crippen molar-refractivity contribution in [1.29, 1.82) is 0 Å². The first-order valence-corrected chi connectivity index (χ1v) is 25.5. The van der Waals surface area contributed by atoms with Crippen molar-refractivity contribution in [2.45, 2.75) is 219 Å². The second-order valence-corrected chi connectivity index (χ2v) is 24.2. The van der Waals surface area contributed by atoms with Gasteiger partial charge in [0.1, 0.15) is 0 Å². The first-order valence-electron chi connectivity index (χ1n) is 25.5. The van der Waals surface area contributed by atoms with E-state index in [9.17, 15) is 31.9 Å². The van der Waals surface area contributed by atoms with Gasteiger partial charge in [0, 0.05) is 23.2 Å². The maximum Gasteiger partial charge on any atom is 0.376 e. The zero-order valence-electron chi connectivity index (χ0n) is 39.2. The van der Waals surface area contributed by atoms with Crippen molar-refractivity contribution in [3.8, 4) is 0 Å². The van der Waals surface area contributed by atoms with E-state index in [-0.39, 0.29) is 29.3 Å². The summed E-state index contributed by atoms with van der Waals surface area (Å²) in [4.78, 5) is 35.5. The van der Waals surface area contributed by atoms with Gasteiger partial charge in [0.25, 0.3) is 0 Å². The molecule has 0 aliphatic heterocycles. The summed E-state index contributed by atoms with van der Waals surface area (Å²) >= 11 is 0. The Hall–Kier alpha value is -1.87. The second kappa shape index (κ2) is 19.2. The van der Waals surface area contributed by atoms with Gasteiger partial charge in [0.15, 0.2) is 0 Å². The highest BCUT2D eigenvalue weighted by Crippen LogP contribution is 2.62. The van der Waals surface area contributed by atoms with Gasteiger partial charge in [0.05, 0.1) is 19.8 Å². The van der Waals surface area contributed by atoms with Gasteiger partial charge in [-0.3, -0.25) is 0 Å². The predicted octanol–water partition coefficient (Wildman–Crippen LogP) is 13.5. The molecule has 2 unspecified atom stereocenters. The van der Waals surface area contributed by atoms with Crippen LogP contribution in [0, 0.1) is 69.5 Å². The minimum atomic E-state index is -3.36. The number of carbonyl (C=O) groups excluding carboxylic acids is 3. The molecule has 0 radical (unpaired) electrons. The van der Waals surface area contributed by atoms with Crippen LogP contribution in [-0.2, 0) is 28.6 Å². The standard InChI is InChI=1S/C20H33FO2.C18H29FO2.C14H20F2O2/c1-3-4-5-6-7-19(2,21)18(22)23-14-20-11-15-8-16(12-20)10-17(9-15)13-20;1-3-4-5-17(2,19)16(20)21-12-18-9-13-6-14(10-18)8-15(7-13)11-18;1-13(15,16)12(17)18-8-14-5-9-2-10(6-14)4-11(3-9)7-14/h15-17H,3-14H2,1-2H3;13-15H,3-12H2,1-2H3;9-11H,2-8H2,1H3. The van der Waals surface area contributed by atoms with Crippen LogP contribution in [0.2, 0.25) is 0 Å². The lowest BCUT2D eigenvalue weighted by Crippen LogP contribution is -2.49. The molecule has 2 atom stereocenters. The molecule has 0 saturated heterocycles. The fourth-order valence-corrected chi connectivity index (χ4v) is 16.1. The van der Waals surface area contributed by atoms with E-state index in [0.717, 1.165) is 111 Å². The van der Waals surface area contributed by atoms with Crippen molar-refractivity contribution in [3.05, 3.63) is 0 Å². The van der Waals surface area contributed by atoms with Crippen molar-refractivity contribution < 1.29 is 46.2 Å². The maximum absolute atomic E-state index is 14.6. The Morgan fingerprint density at radius 3 is 0.935 bits per heavy atom. The van der Waals surface area contributed by atoms with Crippen molar-refractivity contribution in [3.63, 3.8) is 0 Å². The largest absolute Gasteiger partial charge is 0.463 e. The lowest BCUT2D eigenvalue weighted by molar-refractivity contribution is -0.179. The van der Waals surface area contributed by atoms with Crippen LogP contribution in [-0.4, -0.2) is 55.0 Å². The van der Waals surface area contributed by atoms with E-state index in [2.05, 4.69) is 6.92 Å². The van der Waals surface area contributed by atoms with Crippen LogP contribution in [0.15, 0.2) is 0 Å². The fourth-order valence-electron chi connectivity index (χ4n) is 16.1. The normalized spacial score (nSPS) is 39.7. The first-order chi connectivity index (χ1) is 29.2. The second-order valence-electron chi connectivity index (χ2n) is 24.2. The summed E-state index contributed by atoms with van der Waals surface area (Å²) in [6.07, 6.45) is 28.8. The molecule has 354 valence electrons. The van der Waals surface area contributed by atoms with Crippen molar-refractivity contribution in [2.24, 2.45) is 69.5 Å². The van der Waals surface area contributed by atoms with E-state index in [1.54, 1.807) is 0 Å². The van der Waals surface area contributed by atoms with E-state index in [1.165, 1.54) is 110 Å². The third-order valence-electron chi connectivity index (χ3n) is 17.7. The SMILES string of the molecule is CC(F)(F)C(=O)OCC12CC3CC(CC(C3)C1)C2.CCCCC(C)(F)C(=O)OCC12CC3CC(CC(C3)C1)C2.CCCCCCC(C)(F)C(=O)OCC12CC3CC(CC(C3)C1)C2. The molecule has 12 rings (SSSR count). The highest BCUT2D eigenvalue weighted by atomic mass is 19.3. The number of rotatable bonds is 17. The fraction of sp³-hybridized carbons (Fsp3) is 0.942. The summed E-state index contributed by atoms with van der Waals surface area (Å²) in [7, 11) is 0. The minimum absolute atomic E-state index is 0.0235. The monoisotopic (exact) mass is 879 g/mol. The summed E-state index contributed by atoms with van der Waals surface area (Å²) in [5, 5.41) is 0. The predicted molar refractivity (Wildman–Crippen MR) is 233 cm³/mol. The Morgan fingerprint density at radius 1 is 0.419 bits per heavy atom. The molecule has 12 bridgehead atoms. The molecule has 12 saturated carbocycles. The Balaban J connectivity index is 0.000000141. The number of hydrogen-bond acceptors (Lipinski definition) is 6. The third kappa shape index (κ3) is 11.7. The smallest absolute Gasteiger partial charge is 0.376 e. The van der Waals surface area contributed by atoms with Crippen molar-refractivity contribution in [1.82, 2.24) is 0 Å². The van der Waals surface area contributed by atoms with Crippen LogP contribution in [0.1, 0.15) is 202 Å². The van der Waals surface area contributed by atoms with Crippen LogP contribution in [0.4, 0.5) is 17.6 Å². The van der Waals surface area contributed by atoms with Gasteiger partial charge in [-0.05, 0) is 208 Å². The molecule has 0 aromatic rings. The van der Waals surface area contributed by atoms with E-state index < -0.39 is 35.2 Å². The quantitative estimate of drug-likeness (QED) is 0.0627. The molecule has 12 fully saturated rings. The topological polar surface area (TPSA) is 78.9 Å². The molecule has 0 amide bonds. The van der Waals surface area contributed by atoms with Gasteiger partial charge in [-0.1, -0.05) is 39.5 Å². The molecule has 62 heavy (non-hydrogen) atoms. The highest BCUT2D eigenvalue weighted by molar-refractivity contribution is 5.79. The average molecular weight is 879 g/mol. The number of ether oxygens (including phenoxy) is 3. The van der Waals surface area contributed by atoms with Gasteiger partial charge in [-0.25, -0.2) is 23.2 Å². The lowest BCUT2D eigenvalue weighted by atomic mass is 9.50. The van der Waals surface area contributed by atoms with Crippen LogP contribution >= 0.6 is 0 Å². The number of halogens is 4. The van der Waals surface area contributed by atoms with Crippen molar-refractivity contribution in [2.75, 3.05) is 19.8 Å². The first kappa shape index (κ1) is 48.1. The third-order valence-corrected chi connectivity index (χ3v) is 17.7. The Labute approximate surface area is 371 Å². The number of esters is 3. The molecular formula is C52H82F4O6. The number of hydrogen-bond donors (Lipinski definition) is 0. The molecule has 0 aromatic carbocycles. The number of carbonyl (C=O) groups is 3. The zero-order valence-corrected chi connectivity index (χ0v) is 39.2. The van der Waals surface area contributed by atoms with E-state index in [0.29, 0.717) is 26.6 Å².